The first-order valence-corrected chi connectivity index (χ1v) is 8.87. The molecule has 0 fully saturated rings. The molecule has 0 N–H and O–H groups in total. The lowest BCUT2D eigenvalue weighted by Gasteiger charge is -2.03. The third kappa shape index (κ3) is 2.91. The Balaban J connectivity index is 1.57. The maximum atomic E-state index is 9.48. The summed E-state index contributed by atoms with van der Waals surface area (Å²) in [6.45, 7) is 0. The van der Waals surface area contributed by atoms with Crippen LogP contribution in [-0.4, -0.2) is 21.7 Å². The minimum Gasteiger partial charge on any atom is -0.496 e. The van der Waals surface area contributed by atoms with Crippen LogP contribution >= 0.6 is 11.8 Å². The average molecular weight is 362 g/mol. The molecule has 0 aliphatic carbocycles. The van der Waals surface area contributed by atoms with Gasteiger partial charge < -0.3 is 13.6 Å². The van der Waals surface area contributed by atoms with E-state index in [0.717, 1.165) is 16.6 Å². The van der Waals surface area contributed by atoms with Crippen LogP contribution in [0.15, 0.2) is 64.5 Å². The fourth-order valence-corrected chi connectivity index (χ4v) is 3.49. The molecule has 0 aliphatic rings. The van der Waals surface area contributed by atoms with Crippen LogP contribution in [-0.2, 0) is 5.75 Å². The third-order valence-electron chi connectivity index (χ3n) is 3.97. The number of hydrogen-bond donors (Lipinski definition) is 0. The fraction of sp³-hybridized carbons (Fsp3) is 0.105. The lowest BCUT2D eigenvalue weighted by atomic mass is 10.2. The van der Waals surface area contributed by atoms with Gasteiger partial charge in [0.2, 0.25) is 0 Å². The number of hydrogen-bond acceptors (Lipinski definition) is 6. The third-order valence-corrected chi connectivity index (χ3v) is 4.84. The lowest BCUT2D eigenvalue weighted by Crippen LogP contribution is -1.87. The van der Waals surface area contributed by atoms with Crippen molar-refractivity contribution in [3.05, 3.63) is 66.0 Å². The molecule has 0 radical (unpaired) electrons. The number of nitrogens with zero attached hydrogens (tertiary/aromatic N) is 4. The molecule has 0 spiro atoms. The molecule has 7 heteroatoms. The molecule has 4 aromatic rings. The fourth-order valence-electron chi connectivity index (χ4n) is 2.75. The first-order valence-electron chi connectivity index (χ1n) is 7.88. The second-order valence-corrected chi connectivity index (χ2v) is 6.42. The van der Waals surface area contributed by atoms with E-state index in [-0.39, 0.29) is 0 Å². The molecule has 4 rings (SSSR count). The number of pyridine rings is 1. The van der Waals surface area contributed by atoms with Crippen LogP contribution in [0.5, 0.6) is 5.75 Å². The predicted octanol–water partition coefficient (Wildman–Crippen LogP) is 4.16. The van der Waals surface area contributed by atoms with Crippen molar-refractivity contribution < 1.29 is 9.15 Å². The van der Waals surface area contributed by atoms with E-state index < -0.39 is 0 Å². The topological polar surface area (TPSA) is 76.3 Å². The van der Waals surface area contributed by atoms with Gasteiger partial charge in [-0.25, -0.2) is 0 Å². The molecule has 0 bridgehead atoms. The number of fused-ring (bicyclic) bond motifs is 1. The molecule has 0 saturated carbocycles. The van der Waals surface area contributed by atoms with E-state index in [4.69, 9.17) is 9.15 Å². The van der Waals surface area contributed by atoms with Gasteiger partial charge >= 0.3 is 0 Å². The van der Waals surface area contributed by atoms with Crippen LogP contribution in [0.4, 0.5) is 0 Å². The van der Waals surface area contributed by atoms with Gasteiger partial charge in [0.05, 0.1) is 23.8 Å². The smallest absolute Gasteiger partial charge is 0.277 e. The normalized spacial score (nSPS) is 10.8. The van der Waals surface area contributed by atoms with E-state index >= 15 is 0 Å². The van der Waals surface area contributed by atoms with Crippen molar-refractivity contribution in [3.8, 4) is 23.3 Å². The second kappa shape index (κ2) is 6.94. The van der Waals surface area contributed by atoms with Gasteiger partial charge in [-0.15, -0.1) is 10.2 Å². The van der Waals surface area contributed by atoms with Crippen LogP contribution in [0, 0.1) is 11.3 Å². The van der Waals surface area contributed by atoms with E-state index in [1.807, 2.05) is 59.3 Å². The number of methoxy groups -OCH3 is 1. The summed E-state index contributed by atoms with van der Waals surface area (Å²) in [4.78, 5) is 0. The molecule has 3 heterocycles. The minimum absolute atomic E-state index is 0.410. The molecule has 0 amide bonds. The van der Waals surface area contributed by atoms with Gasteiger partial charge in [0.1, 0.15) is 11.8 Å². The van der Waals surface area contributed by atoms with E-state index in [2.05, 4.69) is 16.3 Å². The highest BCUT2D eigenvalue weighted by molar-refractivity contribution is 7.98. The molecule has 1 aromatic carbocycles. The Labute approximate surface area is 154 Å². The number of thioether (sulfide) groups is 1. The molecule has 3 aromatic heterocycles. The Bertz CT molecular complexity index is 1110. The van der Waals surface area contributed by atoms with E-state index in [9.17, 15) is 5.26 Å². The van der Waals surface area contributed by atoms with Gasteiger partial charge in [0.25, 0.3) is 11.1 Å². The van der Waals surface area contributed by atoms with Crippen molar-refractivity contribution >= 4 is 17.3 Å². The molecule has 26 heavy (non-hydrogen) atoms. The Morgan fingerprint density at radius 2 is 2.04 bits per heavy atom. The maximum Gasteiger partial charge on any atom is 0.277 e. The largest absolute Gasteiger partial charge is 0.496 e. The van der Waals surface area contributed by atoms with E-state index in [1.54, 1.807) is 7.11 Å². The number of benzene rings is 1. The highest BCUT2D eigenvalue weighted by Crippen LogP contribution is 2.32. The van der Waals surface area contributed by atoms with Gasteiger partial charge in [0.15, 0.2) is 0 Å². The highest BCUT2D eigenvalue weighted by atomic mass is 32.2. The summed E-state index contributed by atoms with van der Waals surface area (Å²) < 4.78 is 13.0. The summed E-state index contributed by atoms with van der Waals surface area (Å²) in [6.07, 6.45) is 3.88. The number of rotatable bonds is 5. The zero-order valence-corrected chi connectivity index (χ0v) is 14.7. The summed E-state index contributed by atoms with van der Waals surface area (Å²) in [5.74, 6) is 1.66. The Morgan fingerprint density at radius 3 is 2.88 bits per heavy atom. The van der Waals surface area contributed by atoms with Gasteiger partial charge in [-0.05, 0) is 29.8 Å². The first kappa shape index (κ1) is 16.2. The number of nitriles is 1. The predicted molar refractivity (Wildman–Crippen MR) is 98.0 cm³/mol. The van der Waals surface area contributed by atoms with Crippen molar-refractivity contribution in [1.29, 1.82) is 5.26 Å². The first-order chi connectivity index (χ1) is 12.8. The van der Waals surface area contributed by atoms with Crippen LogP contribution < -0.4 is 4.74 Å². The molecule has 128 valence electrons. The average Bonchev–Trinajstić information content (AvgIpc) is 3.30. The van der Waals surface area contributed by atoms with Crippen molar-refractivity contribution in [1.82, 2.24) is 14.6 Å². The van der Waals surface area contributed by atoms with Crippen molar-refractivity contribution in [3.63, 3.8) is 0 Å². The van der Waals surface area contributed by atoms with Crippen LogP contribution in [0.25, 0.3) is 17.0 Å². The lowest BCUT2D eigenvalue weighted by molar-refractivity contribution is 0.411. The van der Waals surface area contributed by atoms with Crippen molar-refractivity contribution in [2.45, 2.75) is 11.0 Å². The zero-order chi connectivity index (χ0) is 17.9. The quantitative estimate of drug-likeness (QED) is 0.496. The van der Waals surface area contributed by atoms with Gasteiger partial charge in [-0.3, -0.25) is 0 Å². The summed E-state index contributed by atoms with van der Waals surface area (Å²) in [7, 11) is 1.60. The summed E-state index contributed by atoms with van der Waals surface area (Å²) in [6, 6.07) is 15.6. The molecular formula is C19H14N4O2S. The summed E-state index contributed by atoms with van der Waals surface area (Å²) in [5, 5.41) is 18.1. The molecule has 6 nitrogen and oxygen atoms in total. The van der Waals surface area contributed by atoms with Crippen LogP contribution in [0.3, 0.4) is 0 Å². The minimum atomic E-state index is 0.410. The van der Waals surface area contributed by atoms with E-state index in [1.165, 1.54) is 11.8 Å². The molecule has 0 unspecified atom stereocenters. The standard InChI is InChI=1S/C19H14N4O2S/c1-24-17-8-3-2-6-14(17)18-21-22-19(25-18)26-12-13-11-23-9-5-4-7-16(23)15(13)10-20/h2-9,11H,12H2,1H3. The summed E-state index contributed by atoms with van der Waals surface area (Å²) >= 11 is 1.40. The number of aromatic nitrogens is 3. The Hall–Kier alpha value is -3.24. The Morgan fingerprint density at radius 1 is 1.19 bits per heavy atom. The summed E-state index contributed by atoms with van der Waals surface area (Å²) in [5.41, 5.74) is 3.25. The molecule has 0 atom stereocenters. The number of para-hydroxylation sites is 1. The van der Waals surface area contributed by atoms with Gasteiger partial charge in [-0.1, -0.05) is 30.0 Å². The molecule has 0 saturated heterocycles. The highest BCUT2D eigenvalue weighted by Gasteiger charge is 2.15. The second-order valence-electron chi connectivity index (χ2n) is 5.50. The van der Waals surface area contributed by atoms with Crippen LogP contribution in [0.2, 0.25) is 0 Å². The molecular weight excluding hydrogens is 348 g/mol. The van der Waals surface area contributed by atoms with Gasteiger partial charge in [-0.2, -0.15) is 5.26 Å². The Kier molecular flexibility index (Phi) is 4.33. The zero-order valence-electron chi connectivity index (χ0n) is 13.9. The SMILES string of the molecule is COc1ccccc1-c1nnc(SCc2cn3ccccc3c2C#N)o1. The molecule has 0 aliphatic heterocycles. The monoisotopic (exact) mass is 362 g/mol. The van der Waals surface area contributed by atoms with Crippen LogP contribution in [0.1, 0.15) is 11.1 Å². The van der Waals surface area contributed by atoms with Crippen molar-refractivity contribution in [2.75, 3.05) is 7.11 Å². The van der Waals surface area contributed by atoms with E-state index in [0.29, 0.717) is 28.2 Å². The van der Waals surface area contributed by atoms with Crippen molar-refractivity contribution in [2.24, 2.45) is 0 Å². The number of ether oxygens (including phenoxy) is 1. The van der Waals surface area contributed by atoms with Gasteiger partial charge in [0, 0.05) is 18.1 Å². The maximum absolute atomic E-state index is 9.48.